The van der Waals surface area contributed by atoms with Crippen LogP contribution in [0.1, 0.15) is 72.1 Å². The summed E-state index contributed by atoms with van der Waals surface area (Å²) in [6, 6.07) is 0. The van der Waals surface area contributed by atoms with Crippen LogP contribution in [0.4, 0.5) is 0 Å². The van der Waals surface area contributed by atoms with Crippen molar-refractivity contribution in [2.24, 2.45) is 28.6 Å². The third-order valence-electron chi connectivity index (χ3n) is 8.67. The summed E-state index contributed by atoms with van der Waals surface area (Å²) < 4.78 is 5.61. The van der Waals surface area contributed by atoms with E-state index >= 15 is 0 Å². The second kappa shape index (κ2) is 5.63. The summed E-state index contributed by atoms with van der Waals surface area (Å²) in [4.78, 5) is 36.5. The number of ether oxygens (including phenoxy) is 1. The Morgan fingerprint density at radius 2 is 1.85 bits per heavy atom. The Kier molecular flexibility index (Phi) is 3.93. The van der Waals surface area contributed by atoms with Gasteiger partial charge >= 0.3 is 5.97 Å². The summed E-state index contributed by atoms with van der Waals surface area (Å²) in [7, 11) is 0. The minimum atomic E-state index is -1.29. The number of fused-ring (bicyclic) bond motifs is 5. The first-order chi connectivity index (χ1) is 12.1. The molecule has 4 fully saturated rings. The Hall–Kier alpha value is -1.23. The Labute approximate surface area is 154 Å². The maximum Gasteiger partial charge on any atom is 0.303 e. The summed E-state index contributed by atoms with van der Waals surface area (Å²) >= 11 is 0. The molecule has 0 bridgehead atoms. The van der Waals surface area contributed by atoms with Crippen molar-refractivity contribution in [3.8, 4) is 0 Å². The Morgan fingerprint density at radius 1 is 1.12 bits per heavy atom. The molecular weight excluding hydrogens is 332 g/mol. The largest absolute Gasteiger partial charge is 0.459 e. The highest BCUT2D eigenvalue weighted by Gasteiger charge is 2.68. The zero-order valence-corrected chi connectivity index (χ0v) is 16.0. The van der Waals surface area contributed by atoms with Gasteiger partial charge in [-0.2, -0.15) is 0 Å². The monoisotopic (exact) mass is 362 g/mol. The van der Waals surface area contributed by atoms with E-state index in [0.717, 1.165) is 19.3 Å². The van der Waals surface area contributed by atoms with Crippen molar-refractivity contribution >= 4 is 17.5 Å². The highest BCUT2D eigenvalue weighted by atomic mass is 16.6. The van der Waals surface area contributed by atoms with Crippen LogP contribution in [0.15, 0.2) is 0 Å². The van der Waals surface area contributed by atoms with Crippen LogP contribution in [-0.4, -0.2) is 34.3 Å². The Morgan fingerprint density at radius 3 is 2.54 bits per heavy atom. The Balaban J connectivity index is 1.76. The van der Waals surface area contributed by atoms with Gasteiger partial charge in [-0.15, -0.1) is 0 Å². The van der Waals surface area contributed by atoms with Crippen molar-refractivity contribution in [3.63, 3.8) is 0 Å². The summed E-state index contributed by atoms with van der Waals surface area (Å²) in [5.74, 6) is 0.848. The van der Waals surface area contributed by atoms with Crippen LogP contribution in [0.5, 0.6) is 0 Å². The molecule has 4 rings (SSSR count). The van der Waals surface area contributed by atoms with E-state index in [-0.39, 0.29) is 29.5 Å². The molecule has 144 valence electrons. The van der Waals surface area contributed by atoms with Gasteiger partial charge in [0, 0.05) is 37.0 Å². The number of esters is 1. The van der Waals surface area contributed by atoms with Gasteiger partial charge in [0.25, 0.3) is 0 Å². The van der Waals surface area contributed by atoms with Gasteiger partial charge in [-0.05, 0) is 49.9 Å². The molecule has 4 saturated carbocycles. The van der Waals surface area contributed by atoms with Gasteiger partial charge in [0.05, 0.1) is 0 Å². The number of rotatable bonds is 1. The number of hydrogen-bond acceptors (Lipinski definition) is 5. The predicted molar refractivity (Wildman–Crippen MR) is 94.1 cm³/mol. The summed E-state index contributed by atoms with van der Waals surface area (Å²) in [5, 5.41) is 11.7. The van der Waals surface area contributed by atoms with Crippen molar-refractivity contribution in [1.82, 2.24) is 0 Å². The molecule has 0 saturated heterocycles. The molecule has 1 N–H and O–H groups in total. The fourth-order valence-corrected chi connectivity index (χ4v) is 7.16. The van der Waals surface area contributed by atoms with Gasteiger partial charge in [0.2, 0.25) is 0 Å². The number of hydrogen-bond donors (Lipinski definition) is 1. The average molecular weight is 362 g/mol. The first kappa shape index (κ1) is 18.1. The van der Waals surface area contributed by atoms with Crippen LogP contribution in [0, 0.1) is 28.6 Å². The van der Waals surface area contributed by atoms with Crippen LogP contribution >= 0.6 is 0 Å². The van der Waals surface area contributed by atoms with Crippen LogP contribution < -0.4 is 0 Å². The predicted octanol–water partition coefficient (Wildman–Crippen LogP) is 2.82. The smallest absolute Gasteiger partial charge is 0.303 e. The number of carbonyl (C=O) groups is 3. The second-order valence-electron chi connectivity index (χ2n) is 9.69. The zero-order valence-electron chi connectivity index (χ0n) is 16.0. The maximum atomic E-state index is 12.6. The molecular formula is C21H30O5. The molecule has 26 heavy (non-hydrogen) atoms. The van der Waals surface area contributed by atoms with E-state index in [1.165, 1.54) is 6.92 Å². The van der Waals surface area contributed by atoms with Crippen molar-refractivity contribution in [2.75, 3.05) is 0 Å². The summed E-state index contributed by atoms with van der Waals surface area (Å²) in [5.41, 5.74) is -2.00. The minimum absolute atomic E-state index is 0.0530. The topological polar surface area (TPSA) is 80.7 Å². The van der Waals surface area contributed by atoms with Gasteiger partial charge in [0.15, 0.2) is 0 Å². The van der Waals surface area contributed by atoms with Gasteiger partial charge in [-0.3, -0.25) is 14.4 Å². The molecule has 4 aliphatic carbocycles. The van der Waals surface area contributed by atoms with Crippen LogP contribution in [0.25, 0.3) is 0 Å². The Bertz CT molecular complexity index is 671. The van der Waals surface area contributed by atoms with E-state index in [1.54, 1.807) is 0 Å². The normalized spacial score (nSPS) is 50.6. The molecule has 0 spiro atoms. The highest BCUT2D eigenvalue weighted by Crippen LogP contribution is 2.66. The third-order valence-corrected chi connectivity index (χ3v) is 8.67. The maximum absolute atomic E-state index is 12.6. The van der Waals surface area contributed by atoms with E-state index in [4.69, 9.17) is 4.74 Å². The molecule has 0 aromatic carbocycles. The van der Waals surface area contributed by atoms with E-state index in [2.05, 4.69) is 13.8 Å². The van der Waals surface area contributed by atoms with Gasteiger partial charge in [-0.1, -0.05) is 13.8 Å². The molecule has 0 unspecified atom stereocenters. The van der Waals surface area contributed by atoms with Crippen LogP contribution in [0.2, 0.25) is 0 Å². The molecule has 7 atom stereocenters. The molecule has 4 aliphatic rings. The SMILES string of the molecule is CC(=O)O[C@@H]1C[C@@H]2[C@@H]3CCC(=O)[C@]3(C)CC[C@@H]2[C@]2(C)CCC(=O)C[C@]12O. The molecule has 5 nitrogen and oxygen atoms in total. The molecule has 0 aromatic heterocycles. The standard InChI is InChI=1S/C21H30O5/c1-12(22)26-18-10-14-15-4-5-17(24)19(15,2)8-7-16(14)20(3)9-6-13(23)11-21(18,20)25/h14-16,18,25H,4-11H2,1-3H3/t14-,15+,16+,18-,19-,20+,21+/m1/s1. The fourth-order valence-electron chi connectivity index (χ4n) is 7.16. The second-order valence-corrected chi connectivity index (χ2v) is 9.69. The summed E-state index contributed by atoms with van der Waals surface area (Å²) in [6.45, 7) is 5.56. The van der Waals surface area contributed by atoms with Crippen LogP contribution in [0.3, 0.4) is 0 Å². The lowest BCUT2D eigenvalue weighted by atomic mass is 9.43. The number of ketones is 2. The highest BCUT2D eigenvalue weighted by molar-refractivity contribution is 5.87. The van der Waals surface area contributed by atoms with Crippen molar-refractivity contribution in [3.05, 3.63) is 0 Å². The van der Waals surface area contributed by atoms with E-state index in [9.17, 15) is 19.5 Å². The van der Waals surface area contributed by atoms with Gasteiger partial charge in [0.1, 0.15) is 23.3 Å². The fraction of sp³-hybridized carbons (Fsp3) is 0.857. The molecule has 0 aliphatic heterocycles. The van der Waals surface area contributed by atoms with Crippen LogP contribution in [-0.2, 0) is 19.1 Å². The van der Waals surface area contributed by atoms with Gasteiger partial charge in [-0.25, -0.2) is 0 Å². The molecule has 0 aromatic rings. The van der Waals surface area contributed by atoms with E-state index < -0.39 is 23.1 Å². The quantitative estimate of drug-likeness (QED) is 0.726. The third kappa shape index (κ3) is 2.22. The van der Waals surface area contributed by atoms with Crippen molar-refractivity contribution in [2.45, 2.75) is 83.8 Å². The summed E-state index contributed by atoms with van der Waals surface area (Å²) in [6.07, 6.45) is 4.42. The average Bonchev–Trinajstić information content (AvgIpc) is 2.85. The number of Topliss-reactive ketones (excluding diaryl/α,β-unsaturated/α-hetero) is 2. The van der Waals surface area contributed by atoms with Gasteiger partial charge < -0.3 is 9.84 Å². The molecule has 0 heterocycles. The number of carbonyl (C=O) groups excluding carboxylic acids is 3. The van der Waals surface area contributed by atoms with Crippen molar-refractivity contribution in [1.29, 1.82) is 0 Å². The zero-order chi connectivity index (χ0) is 18.9. The van der Waals surface area contributed by atoms with E-state index in [1.807, 2.05) is 0 Å². The van der Waals surface area contributed by atoms with Crippen molar-refractivity contribution < 1.29 is 24.2 Å². The molecule has 0 amide bonds. The number of aliphatic hydroxyl groups is 1. The first-order valence-corrected chi connectivity index (χ1v) is 10.1. The lowest BCUT2D eigenvalue weighted by molar-refractivity contribution is -0.253. The van der Waals surface area contributed by atoms with E-state index in [0.29, 0.717) is 37.4 Å². The lowest BCUT2D eigenvalue weighted by Crippen LogP contribution is -2.68. The lowest BCUT2D eigenvalue weighted by Gasteiger charge is -2.64. The molecule has 0 radical (unpaired) electrons. The minimum Gasteiger partial charge on any atom is -0.459 e. The first-order valence-electron chi connectivity index (χ1n) is 10.1. The molecule has 5 heteroatoms.